The van der Waals surface area contributed by atoms with Crippen LogP contribution in [0.25, 0.3) is 22.5 Å². The first-order valence-corrected chi connectivity index (χ1v) is 16.6. The molecule has 0 fully saturated rings. The summed E-state index contributed by atoms with van der Waals surface area (Å²) in [4.78, 5) is 33.9. The molecule has 2 unspecified atom stereocenters. The molecule has 47 heavy (non-hydrogen) atoms. The monoisotopic (exact) mass is 676 g/mol. The van der Waals surface area contributed by atoms with E-state index in [0.29, 0.717) is 49.7 Å². The molecule has 2 amide bonds. The molecule has 0 saturated heterocycles. The molecule has 4 aromatic rings. The molecule has 13 heteroatoms. The highest BCUT2D eigenvalue weighted by atomic mass is 35.5. The molecular weight excluding hydrogens is 639 g/mol. The number of carbonyl (C=O) groups excluding carboxylic acids is 2. The van der Waals surface area contributed by atoms with Gasteiger partial charge in [0.05, 0.1) is 60.0 Å². The van der Waals surface area contributed by atoms with Crippen LogP contribution in [0.5, 0.6) is 0 Å². The number of hydrogen-bond donors (Lipinski definition) is 1. The lowest BCUT2D eigenvalue weighted by Gasteiger charge is -2.34. The van der Waals surface area contributed by atoms with Crippen molar-refractivity contribution in [2.45, 2.75) is 71.6 Å². The molecule has 246 valence electrons. The molecule has 6 rings (SSSR count). The maximum Gasteiger partial charge on any atom is 0.247 e. The number of aromatic nitrogens is 6. The van der Waals surface area contributed by atoms with Crippen molar-refractivity contribution in [3.05, 3.63) is 76.4 Å². The van der Waals surface area contributed by atoms with Gasteiger partial charge in [0, 0.05) is 40.9 Å². The van der Waals surface area contributed by atoms with Crippen LogP contribution in [0.3, 0.4) is 0 Å². The van der Waals surface area contributed by atoms with Crippen molar-refractivity contribution in [1.29, 1.82) is 0 Å². The second kappa shape index (κ2) is 13.6. The number of ether oxygens (including phenoxy) is 1. The molecule has 1 aromatic carbocycles. The van der Waals surface area contributed by atoms with Crippen LogP contribution in [-0.4, -0.2) is 65.2 Å². The maximum absolute atomic E-state index is 14.0. The Bertz CT molecular complexity index is 1830. The summed E-state index contributed by atoms with van der Waals surface area (Å²) in [7, 11) is 0. The Balaban J connectivity index is 1.34. The molecule has 1 N–H and O–H groups in total. The molecule has 0 aliphatic carbocycles. The zero-order valence-electron chi connectivity index (χ0n) is 26.9. The van der Waals surface area contributed by atoms with E-state index in [2.05, 4.69) is 20.7 Å². The van der Waals surface area contributed by atoms with Crippen LogP contribution in [0, 0.1) is 5.92 Å². The summed E-state index contributed by atoms with van der Waals surface area (Å²) < 4.78 is 9.42. The molecular formula is C34H38Cl2N8O3. The number of hydrogen-bond acceptors (Lipinski definition) is 7. The van der Waals surface area contributed by atoms with Crippen molar-refractivity contribution in [2.75, 3.05) is 18.5 Å². The highest BCUT2D eigenvalue weighted by Crippen LogP contribution is 2.37. The van der Waals surface area contributed by atoms with Crippen LogP contribution >= 0.6 is 23.2 Å². The minimum absolute atomic E-state index is 0.0595. The molecule has 5 heterocycles. The molecule has 3 aromatic heterocycles. The largest absolute Gasteiger partial charge is 0.374 e. The standard InChI is InChI=1S/C34H38Cl2N8O3/c1-21-6-5-7-29(42-13-11-22(17-31(42)45)25-18-24(35)8-9-28(25)44-20-30(36)40-41-44)26-16-23(10-12-37-26)32-27(39-33(21)46)19-38-43(32)14-15-47-34(2,3)4/h8-10,12,16-21,29H,5-7,11,13-15H2,1-4H3,(H,39,46). The van der Waals surface area contributed by atoms with Gasteiger partial charge in [-0.05, 0) is 75.9 Å². The Morgan fingerprint density at radius 3 is 2.68 bits per heavy atom. The van der Waals surface area contributed by atoms with E-state index in [4.69, 9.17) is 32.9 Å². The maximum atomic E-state index is 14.0. The van der Waals surface area contributed by atoms with E-state index in [-0.39, 0.29) is 34.5 Å². The predicted octanol–water partition coefficient (Wildman–Crippen LogP) is 6.76. The Labute approximate surface area is 283 Å². The summed E-state index contributed by atoms with van der Waals surface area (Å²) in [5.74, 6) is -0.401. The lowest BCUT2D eigenvalue weighted by Crippen LogP contribution is -2.38. The number of nitrogens with one attached hydrogen (secondary N) is 1. The van der Waals surface area contributed by atoms with E-state index in [9.17, 15) is 9.59 Å². The number of rotatable bonds is 6. The Morgan fingerprint density at radius 1 is 1.11 bits per heavy atom. The Kier molecular flexibility index (Phi) is 9.50. The molecule has 2 aliphatic rings. The molecule has 2 bridgehead atoms. The average Bonchev–Trinajstić information content (AvgIpc) is 3.64. The zero-order chi connectivity index (χ0) is 33.3. The van der Waals surface area contributed by atoms with Crippen LogP contribution < -0.4 is 5.32 Å². The number of fused-ring (bicyclic) bond motifs is 4. The van der Waals surface area contributed by atoms with E-state index >= 15 is 0 Å². The second-order valence-electron chi connectivity index (χ2n) is 13.0. The van der Waals surface area contributed by atoms with Gasteiger partial charge in [-0.1, -0.05) is 41.8 Å². The topological polar surface area (TPSA) is 120 Å². The number of anilines is 1. The summed E-state index contributed by atoms with van der Waals surface area (Å²) in [6, 6.07) is 9.09. The minimum Gasteiger partial charge on any atom is -0.374 e. The third-order valence-corrected chi connectivity index (χ3v) is 8.90. The zero-order valence-corrected chi connectivity index (χ0v) is 28.4. The van der Waals surface area contributed by atoms with Crippen molar-refractivity contribution in [3.8, 4) is 16.9 Å². The summed E-state index contributed by atoms with van der Waals surface area (Å²) >= 11 is 12.5. The van der Waals surface area contributed by atoms with Gasteiger partial charge in [0.1, 0.15) is 0 Å². The van der Waals surface area contributed by atoms with Gasteiger partial charge in [0.15, 0.2) is 5.15 Å². The molecule has 11 nitrogen and oxygen atoms in total. The van der Waals surface area contributed by atoms with Crippen LogP contribution in [-0.2, 0) is 20.9 Å². The fraction of sp³-hybridized carbons (Fsp3) is 0.412. The Hall–Kier alpha value is -4.06. The van der Waals surface area contributed by atoms with Crippen LogP contribution in [0.15, 0.2) is 55.0 Å². The number of carbonyl (C=O) groups is 2. The highest BCUT2D eigenvalue weighted by molar-refractivity contribution is 6.31. The third kappa shape index (κ3) is 7.42. The van der Waals surface area contributed by atoms with Gasteiger partial charge >= 0.3 is 0 Å². The highest BCUT2D eigenvalue weighted by Gasteiger charge is 2.31. The summed E-state index contributed by atoms with van der Waals surface area (Å²) in [6.45, 7) is 9.41. The first-order valence-electron chi connectivity index (χ1n) is 15.8. The fourth-order valence-corrected chi connectivity index (χ4v) is 6.44. The van der Waals surface area contributed by atoms with Gasteiger partial charge in [0.2, 0.25) is 11.8 Å². The first kappa shape index (κ1) is 32.9. The molecule has 2 aliphatic heterocycles. The first-order chi connectivity index (χ1) is 22.5. The van der Waals surface area contributed by atoms with Gasteiger partial charge in [-0.25, -0.2) is 4.68 Å². The SMILES string of the molecule is CC1CCCC(N2CCC(c3cc(Cl)ccc3-n3cc(Cl)nn3)=CC2=O)c2cc(ccn2)-c2c(cnn2CCOC(C)(C)C)NC1=O. The quantitative estimate of drug-likeness (QED) is 0.239. The van der Waals surface area contributed by atoms with Gasteiger partial charge < -0.3 is 15.0 Å². The lowest BCUT2D eigenvalue weighted by atomic mass is 9.93. The summed E-state index contributed by atoms with van der Waals surface area (Å²) in [6.07, 6.45) is 9.42. The summed E-state index contributed by atoms with van der Waals surface area (Å²) in [5, 5.41) is 16.6. The minimum atomic E-state index is -0.290. The van der Waals surface area contributed by atoms with E-state index in [1.165, 1.54) is 0 Å². The normalized spacial score (nSPS) is 19.0. The Morgan fingerprint density at radius 2 is 1.94 bits per heavy atom. The van der Waals surface area contributed by atoms with Gasteiger partial charge in [-0.2, -0.15) is 5.10 Å². The summed E-state index contributed by atoms with van der Waals surface area (Å²) in [5.41, 5.74) is 5.14. The van der Waals surface area contributed by atoms with Gasteiger partial charge in [-0.3, -0.25) is 19.3 Å². The van der Waals surface area contributed by atoms with Crippen molar-refractivity contribution < 1.29 is 14.3 Å². The molecule has 0 radical (unpaired) electrons. The van der Waals surface area contributed by atoms with Gasteiger partial charge in [0.25, 0.3) is 0 Å². The van der Waals surface area contributed by atoms with Crippen LogP contribution in [0.2, 0.25) is 10.2 Å². The van der Waals surface area contributed by atoms with E-state index in [1.54, 1.807) is 35.4 Å². The number of benzene rings is 1. The fourth-order valence-electron chi connectivity index (χ4n) is 6.14. The van der Waals surface area contributed by atoms with Crippen molar-refractivity contribution in [1.82, 2.24) is 34.7 Å². The second-order valence-corrected chi connectivity index (χ2v) is 13.8. The third-order valence-electron chi connectivity index (χ3n) is 8.49. The number of nitrogens with zero attached hydrogens (tertiary/aromatic N) is 7. The van der Waals surface area contributed by atoms with Crippen LogP contribution in [0.4, 0.5) is 5.69 Å². The average molecular weight is 678 g/mol. The van der Waals surface area contributed by atoms with Crippen molar-refractivity contribution in [2.24, 2.45) is 5.92 Å². The molecule has 0 saturated carbocycles. The molecule has 2 atom stereocenters. The van der Waals surface area contributed by atoms with Crippen molar-refractivity contribution >= 4 is 46.3 Å². The predicted molar refractivity (Wildman–Crippen MR) is 181 cm³/mol. The van der Waals surface area contributed by atoms with E-state index in [0.717, 1.165) is 40.2 Å². The van der Waals surface area contributed by atoms with Crippen molar-refractivity contribution in [3.63, 3.8) is 0 Å². The number of halogens is 2. The van der Waals surface area contributed by atoms with E-state index in [1.807, 2.05) is 61.5 Å². The van der Waals surface area contributed by atoms with E-state index < -0.39 is 0 Å². The number of amides is 2. The lowest BCUT2D eigenvalue weighted by molar-refractivity contribution is -0.129. The van der Waals surface area contributed by atoms with Crippen LogP contribution in [0.1, 0.15) is 70.7 Å². The molecule has 0 spiro atoms. The smallest absolute Gasteiger partial charge is 0.247 e. The number of pyridine rings is 1. The van der Waals surface area contributed by atoms with Gasteiger partial charge in [-0.15, -0.1) is 5.10 Å².